The predicted molar refractivity (Wildman–Crippen MR) is 78.4 cm³/mol. The molecule has 0 aliphatic heterocycles. The van der Waals surface area contributed by atoms with Crippen LogP contribution in [0.5, 0.6) is 0 Å². The van der Waals surface area contributed by atoms with E-state index >= 15 is 0 Å². The lowest BCUT2D eigenvalue weighted by Gasteiger charge is -2.21. The molecule has 0 saturated heterocycles. The van der Waals surface area contributed by atoms with Gasteiger partial charge in [-0.05, 0) is 26.8 Å². The van der Waals surface area contributed by atoms with Crippen LogP contribution in [0, 0.1) is 0 Å². The quantitative estimate of drug-likeness (QED) is 0.655. The van der Waals surface area contributed by atoms with Crippen LogP contribution in [0.3, 0.4) is 0 Å². The Labute approximate surface area is 116 Å². The normalized spacial score (nSPS) is 10.7. The zero-order chi connectivity index (χ0) is 13.9. The molecule has 1 aromatic rings. The Balaban J connectivity index is 2.47. The fraction of sp³-hybridized carbons (Fsp3) is 0.714. The zero-order valence-electron chi connectivity index (χ0n) is 12.4. The van der Waals surface area contributed by atoms with Crippen molar-refractivity contribution in [1.82, 2.24) is 15.3 Å². The number of nitrogens with one attached hydrogen (secondary N) is 1. The number of aromatic nitrogens is 2. The minimum atomic E-state index is 0.728. The smallest absolute Gasteiger partial charge is 0.147 e. The van der Waals surface area contributed by atoms with E-state index < -0.39 is 0 Å². The molecule has 0 bridgehead atoms. The van der Waals surface area contributed by atoms with Gasteiger partial charge < -0.3 is 15.0 Å². The van der Waals surface area contributed by atoms with Gasteiger partial charge in [0.2, 0.25) is 0 Å². The highest BCUT2D eigenvalue weighted by Gasteiger charge is 2.06. The molecule has 0 atom stereocenters. The van der Waals surface area contributed by atoms with E-state index in [1.54, 1.807) is 0 Å². The van der Waals surface area contributed by atoms with Crippen molar-refractivity contribution in [2.75, 3.05) is 37.7 Å². The van der Waals surface area contributed by atoms with Gasteiger partial charge in [-0.3, -0.25) is 4.98 Å². The summed E-state index contributed by atoms with van der Waals surface area (Å²) in [6.45, 7) is 11.3. The van der Waals surface area contributed by atoms with Gasteiger partial charge >= 0.3 is 0 Å². The first kappa shape index (κ1) is 15.9. The lowest BCUT2D eigenvalue weighted by molar-refractivity contribution is 0.154. The first-order valence-electron chi connectivity index (χ1n) is 7.16. The molecule has 1 N–H and O–H groups in total. The van der Waals surface area contributed by atoms with Gasteiger partial charge in [0, 0.05) is 26.2 Å². The Bertz CT molecular complexity index is 329. The van der Waals surface area contributed by atoms with E-state index in [9.17, 15) is 0 Å². The third-order valence-electron chi connectivity index (χ3n) is 2.84. The van der Waals surface area contributed by atoms with E-state index in [0.717, 1.165) is 57.3 Å². The maximum absolute atomic E-state index is 5.38. The summed E-state index contributed by atoms with van der Waals surface area (Å²) in [5.74, 6) is 0.918. The van der Waals surface area contributed by atoms with Crippen LogP contribution in [0.2, 0.25) is 0 Å². The average Bonchev–Trinajstić information content (AvgIpc) is 2.45. The Morgan fingerprint density at radius 3 is 2.63 bits per heavy atom. The van der Waals surface area contributed by atoms with Crippen LogP contribution in [0.15, 0.2) is 12.4 Å². The SMILES string of the molecule is CCCNCc1cnc(N(CC)CCOCC)cn1. The molecule has 0 spiro atoms. The number of rotatable bonds is 10. The molecular weight excluding hydrogens is 240 g/mol. The van der Waals surface area contributed by atoms with Crippen molar-refractivity contribution in [3.63, 3.8) is 0 Å². The highest BCUT2D eigenvalue weighted by molar-refractivity contribution is 5.35. The van der Waals surface area contributed by atoms with Crippen LogP contribution in [0.25, 0.3) is 0 Å². The summed E-state index contributed by atoms with van der Waals surface area (Å²) >= 11 is 0. The summed E-state index contributed by atoms with van der Waals surface area (Å²) in [4.78, 5) is 11.1. The van der Waals surface area contributed by atoms with Crippen molar-refractivity contribution in [3.05, 3.63) is 18.1 Å². The predicted octanol–water partition coefficient (Wildman–Crippen LogP) is 1.84. The van der Waals surface area contributed by atoms with Crippen molar-refractivity contribution < 1.29 is 4.74 Å². The lowest BCUT2D eigenvalue weighted by Crippen LogP contribution is -2.28. The zero-order valence-corrected chi connectivity index (χ0v) is 12.4. The number of ether oxygens (including phenoxy) is 1. The largest absolute Gasteiger partial charge is 0.380 e. The Morgan fingerprint density at radius 1 is 1.21 bits per heavy atom. The number of nitrogens with zero attached hydrogens (tertiary/aromatic N) is 3. The lowest BCUT2D eigenvalue weighted by atomic mass is 10.4. The summed E-state index contributed by atoms with van der Waals surface area (Å²) in [5.41, 5.74) is 0.984. The first-order valence-corrected chi connectivity index (χ1v) is 7.16. The van der Waals surface area contributed by atoms with Crippen LogP contribution in [0.4, 0.5) is 5.82 Å². The maximum atomic E-state index is 5.38. The number of anilines is 1. The van der Waals surface area contributed by atoms with Crippen molar-refractivity contribution in [2.45, 2.75) is 33.7 Å². The summed E-state index contributed by atoms with van der Waals surface area (Å²) < 4.78 is 5.38. The van der Waals surface area contributed by atoms with Crippen molar-refractivity contribution >= 4 is 5.82 Å². The fourth-order valence-electron chi connectivity index (χ4n) is 1.75. The van der Waals surface area contributed by atoms with E-state index in [0.29, 0.717) is 0 Å². The number of hydrogen-bond acceptors (Lipinski definition) is 5. The molecular formula is C14H26N4O. The van der Waals surface area contributed by atoms with Crippen molar-refractivity contribution in [2.24, 2.45) is 0 Å². The Hall–Kier alpha value is -1.20. The average molecular weight is 266 g/mol. The maximum Gasteiger partial charge on any atom is 0.147 e. The monoisotopic (exact) mass is 266 g/mol. The van der Waals surface area contributed by atoms with E-state index in [-0.39, 0.29) is 0 Å². The number of likely N-dealkylation sites (N-methyl/N-ethyl adjacent to an activating group) is 1. The van der Waals surface area contributed by atoms with E-state index in [4.69, 9.17) is 4.74 Å². The second-order valence-corrected chi connectivity index (χ2v) is 4.32. The highest BCUT2D eigenvalue weighted by atomic mass is 16.5. The van der Waals surface area contributed by atoms with Gasteiger partial charge in [0.15, 0.2) is 0 Å². The molecule has 19 heavy (non-hydrogen) atoms. The van der Waals surface area contributed by atoms with Crippen LogP contribution in [-0.2, 0) is 11.3 Å². The van der Waals surface area contributed by atoms with E-state index in [2.05, 4.69) is 34.0 Å². The molecule has 0 aromatic carbocycles. The third-order valence-corrected chi connectivity index (χ3v) is 2.84. The van der Waals surface area contributed by atoms with Gasteiger partial charge in [0.05, 0.1) is 24.7 Å². The Morgan fingerprint density at radius 2 is 2.05 bits per heavy atom. The molecule has 0 aliphatic carbocycles. The minimum Gasteiger partial charge on any atom is -0.380 e. The van der Waals surface area contributed by atoms with Crippen LogP contribution < -0.4 is 10.2 Å². The van der Waals surface area contributed by atoms with Gasteiger partial charge in [0.1, 0.15) is 5.82 Å². The van der Waals surface area contributed by atoms with Gasteiger partial charge in [-0.15, -0.1) is 0 Å². The van der Waals surface area contributed by atoms with E-state index in [1.807, 2.05) is 19.3 Å². The number of hydrogen-bond donors (Lipinski definition) is 1. The fourth-order valence-corrected chi connectivity index (χ4v) is 1.75. The molecule has 5 nitrogen and oxygen atoms in total. The second kappa shape index (κ2) is 9.69. The Kier molecular flexibility index (Phi) is 8.09. The molecule has 108 valence electrons. The molecule has 1 aromatic heterocycles. The summed E-state index contributed by atoms with van der Waals surface area (Å²) in [6.07, 6.45) is 4.83. The molecule has 1 rings (SSSR count). The van der Waals surface area contributed by atoms with Crippen LogP contribution in [0.1, 0.15) is 32.9 Å². The van der Waals surface area contributed by atoms with Crippen LogP contribution in [-0.4, -0.2) is 42.8 Å². The van der Waals surface area contributed by atoms with Crippen molar-refractivity contribution in [3.8, 4) is 0 Å². The molecule has 0 aliphatic rings. The molecule has 5 heteroatoms. The first-order chi connectivity index (χ1) is 9.31. The summed E-state index contributed by atoms with van der Waals surface area (Å²) in [5, 5.41) is 3.32. The van der Waals surface area contributed by atoms with Crippen molar-refractivity contribution in [1.29, 1.82) is 0 Å². The van der Waals surface area contributed by atoms with Gasteiger partial charge in [-0.2, -0.15) is 0 Å². The topological polar surface area (TPSA) is 50.3 Å². The molecule has 0 unspecified atom stereocenters. The molecule has 0 amide bonds. The standard InChI is InChI=1S/C14H26N4O/c1-4-7-15-10-13-11-17-14(12-16-13)18(5-2)8-9-19-6-3/h11-12,15H,4-10H2,1-3H3. The minimum absolute atomic E-state index is 0.728. The van der Waals surface area contributed by atoms with Gasteiger partial charge in [-0.25, -0.2) is 4.98 Å². The van der Waals surface area contributed by atoms with Crippen LogP contribution >= 0.6 is 0 Å². The van der Waals surface area contributed by atoms with Gasteiger partial charge in [0.25, 0.3) is 0 Å². The molecule has 0 fully saturated rings. The second-order valence-electron chi connectivity index (χ2n) is 4.32. The summed E-state index contributed by atoms with van der Waals surface area (Å²) in [7, 11) is 0. The van der Waals surface area contributed by atoms with Gasteiger partial charge in [-0.1, -0.05) is 6.92 Å². The van der Waals surface area contributed by atoms with E-state index in [1.165, 1.54) is 0 Å². The molecule has 0 radical (unpaired) electrons. The molecule has 0 saturated carbocycles. The summed E-state index contributed by atoms with van der Waals surface area (Å²) in [6, 6.07) is 0. The third kappa shape index (κ3) is 5.98. The highest BCUT2D eigenvalue weighted by Crippen LogP contribution is 2.08. The molecule has 1 heterocycles.